The van der Waals surface area contributed by atoms with Crippen LogP contribution in [0.15, 0.2) is 48.5 Å². The molecule has 2 rings (SSSR count). The lowest BCUT2D eigenvalue weighted by atomic mass is 9.83. The number of hydrogen-bond donors (Lipinski definition) is 1. The van der Waals surface area contributed by atoms with Gasteiger partial charge in [-0.3, -0.25) is 4.79 Å². The van der Waals surface area contributed by atoms with Gasteiger partial charge in [0.25, 0.3) is 6.29 Å². The van der Waals surface area contributed by atoms with Crippen molar-refractivity contribution in [3.05, 3.63) is 64.7 Å². The quantitative estimate of drug-likeness (QED) is 0.580. The molecule has 1 N–H and O–H groups in total. The van der Waals surface area contributed by atoms with E-state index in [4.69, 9.17) is 21.1 Å². The SMILES string of the molecule is CCOC(C=O)Oc1ccccc1C(O)(CC)c1cccc(Cl)c1. The molecule has 2 aromatic rings. The fourth-order valence-electron chi connectivity index (χ4n) is 2.60. The van der Waals surface area contributed by atoms with E-state index in [0.29, 0.717) is 41.2 Å². The minimum atomic E-state index is -1.29. The van der Waals surface area contributed by atoms with E-state index in [1.165, 1.54) is 0 Å². The molecule has 0 radical (unpaired) electrons. The van der Waals surface area contributed by atoms with E-state index in [1.807, 2.05) is 19.1 Å². The summed E-state index contributed by atoms with van der Waals surface area (Å²) in [4.78, 5) is 11.1. The van der Waals surface area contributed by atoms with Crippen LogP contribution in [0.25, 0.3) is 0 Å². The highest BCUT2D eigenvalue weighted by atomic mass is 35.5. The van der Waals surface area contributed by atoms with Crippen molar-refractivity contribution in [2.24, 2.45) is 0 Å². The van der Waals surface area contributed by atoms with Crippen LogP contribution in [0.4, 0.5) is 0 Å². The van der Waals surface area contributed by atoms with Crippen LogP contribution in [0, 0.1) is 0 Å². The van der Waals surface area contributed by atoms with Crippen molar-refractivity contribution in [3.8, 4) is 5.75 Å². The van der Waals surface area contributed by atoms with E-state index in [0.717, 1.165) is 0 Å². The van der Waals surface area contributed by atoms with Gasteiger partial charge >= 0.3 is 0 Å². The van der Waals surface area contributed by atoms with Gasteiger partial charge in [-0.2, -0.15) is 0 Å². The Kier molecular flexibility index (Phi) is 6.37. The lowest BCUT2D eigenvalue weighted by Gasteiger charge is -2.30. The first-order valence-corrected chi connectivity index (χ1v) is 8.24. The highest BCUT2D eigenvalue weighted by Gasteiger charge is 2.33. The number of aldehydes is 1. The van der Waals surface area contributed by atoms with E-state index in [1.54, 1.807) is 43.3 Å². The summed E-state index contributed by atoms with van der Waals surface area (Å²) in [5.41, 5.74) is -0.0739. The Hall–Kier alpha value is -1.88. The van der Waals surface area contributed by atoms with Crippen molar-refractivity contribution in [1.29, 1.82) is 0 Å². The molecule has 4 nitrogen and oxygen atoms in total. The minimum absolute atomic E-state index is 0.345. The molecule has 0 aliphatic heterocycles. The second-order valence-corrected chi connectivity index (χ2v) is 5.73. The highest BCUT2D eigenvalue weighted by Crippen LogP contribution is 2.39. The number of para-hydroxylation sites is 1. The van der Waals surface area contributed by atoms with Gasteiger partial charge < -0.3 is 14.6 Å². The number of carbonyl (C=O) groups is 1. The first kappa shape index (κ1) is 18.5. The Morgan fingerprint density at radius 2 is 1.96 bits per heavy atom. The second-order valence-electron chi connectivity index (χ2n) is 5.30. The Morgan fingerprint density at radius 1 is 1.21 bits per heavy atom. The smallest absolute Gasteiger partial charge is 0.256 e. The molecule has 0 bridgehead atoms. The molecule has 0 aromatic heterocycles. The fourth-order valence-corrected chi connectivity index (χ4v) is 2.79. The van der Waals surface area contributed by atoms with Gasteiger partial charge in [0.05, 0.1) is 0 Å². The number of aliphatic hydroxyl groups is 1. The summed E-state index contributed by atoms with van der Waals surface area (Å²) >= 11 is 6.07. The lowest BCUT2D eigenvalue weighted by molar-refractivity contribution is -0.136. The number of ether oxygens (including phenoxy) is 2. The molecular weight excluding hydrogens is 328 g/mol. The summed E-state index contributed by atoms with van der Waals surface area (Å²) in [5, 5.41) is 11.9. The van der Waals surface area contributed by atoms with Crippen molar-refractivity contribution in [2.45, 2.75) is 32.2 Å². The molecule has 128 valence electrons. The predicted octanol–water partition coefficient (Wildman–Crippen LogP) is 3.93. The highest BCUT2D eigenvalue weighted by molar-refractivity contribution is 6.30. The topological polar surface area (TPSA) is 55.8 Å². The van der Waals surface area contributed by atoms with E-state index in [9.17, 15) is 9.90 Å². The number of carbonyl (C=O) groups excluding carboxylic acids is 1. The zero-order valence-corrected chi connectivity index (χ0v) is 14.5. The van der Waals surface area contributed by atoms with Crippen LogP contribution >= 0.6 is 11.6 Å². The third-order valence-electron chi connectivity index (χ3n) is 3.83. The zero-order valence-electron chi connectivity index (χ0n) is 13.7. The van der Waals surface area contributed by atoms with E-state index in [2.05, 4.69) is 0 Å². The lowest BCUT2D eigenvalue weighted by Crippen LogP contribution is -2.29. The third-order valence-corrected chi connectivity index (χ3v) is 4.07. The summed E-state index contributed by atoms with van der Waals surface area (Å²) in [6.45, 7) is 4.00. The molecule has 2 unspecified atom stereocenters. The Bertz CT molecular complexity index is 689. The van der Waals surface area contributed by atoms with Crippen LogP contribution in [-0.2, 0) is 15.1 Å². The van der Waals surface area contributed by atoms with Gasteiger partial charge in [-0.1, -0.05) is 48.9 Å². The van der Waals surface area contributed by atoms with Crippen molar-refractivity contribution < 1.29 is 19.4 Å². The molecule has 0 saturated carbocycles. The molecule has 2 aromatic carbocycles. The van der Waals surface area contributed by atoms with Crippen LogP contribution < -0.4 is 4.74 Å². The summed E-state index contributed by atoms with van der Waals surface area (Å²) in [6, 6.07) is 14.1. The minimum Gasteiger partial charge on any atom is -0.457 e. The maximum absolute atomic E-state index is 11.3. The molecule has 0 amide bonds. The largest absolute Gasteiger partial charge is 0.457 e. The van der Waals surface area contributed by atoms with Crippen molar-refractivity contribution in [3.63, 3.8) is 0 Å². The number of halogens is 1. The average Bonchev–Trinajstić information content (AvgIpc) is 2.61. The van der Waals surface area contributed by atoms with Gasteiger partial charge in [0.2, 0.25) is 0 Å². The third kappa shape index (κ3) is 3.96. The standard InChI is InChI=1S/C19H21ClO4/c1-3-19(22,14-8-7-9-15(20)12-14)16-10-5-6-11-17(16)24-18(13-21)23-4-2/h5-13,18,22H,3-4H2,1-2H3. The molecular formula is C19H21ClO4. The average molecular weight is 349 g/mol. The monoisotopic (exact) mass is 348 g/mol. The second kappa shape index (κ2) is 8.29. The summed E-state index contributed by atoms with van der Waals surface area (Å²) in [6.07, 6.45) is -0.0182. The molecule has 5 heteroatoms. The van der Waals surface area contributed by atoms with Gasteiger partial charge in [0, 0.05) is 17.2 Å². The maximum Gasteiger partial charge on any atom is 0.256 e. The van der Waals surface area contributed by atoms with Crippen LogP contribution in [0.2, 0.25) is 5.02 Å². The summed E-state index contributed by atoms with van der Waals surface area (Å²) < 4.78 is 10.9. The first-order chi connectivity index (χ1) is 11.5. The van der Waals surface area contributed by atoms with Crippen molar-refractivity contribution in [1.82, 2.24) is 0 Å². The summed E-state index contributed by atoms with van der Waals surface area (Å²) in [7, 11) is 0. The summed E-state index contributed by atoms with van der Waals surface area (Å²) in [5.74, 6) is 0.396. The number of benzene rings is 2. The van der Waals surface area contributed by atoms with Gasteiger partial charge in [0.15, 0.2) is 6.29 Å². The maximum atomic E-state index is 11.3. The van der Waals surface area contributed by atoms with Crippen LogP contribution in [0.5, 0.6) is 5.75 Å². The first-order valence-electron chi connectivity index (χ1n) is 7.86. The van der Waals surface area contributed by atoms with Gasteiger partial charge in [-0.15, -0.1) is 0 Å². The van der Waals surface area contributed by atoms with Gasteiger partial charge in [-0.25, -0.2) is 0 Å². The molecule has 2 atom stereocenters. The van der Waals surface area contributed by atoms with Gasteiger partial charge in [0.1, 0.15) is 11.4 Å². The van der Waals surface area contributed by atoms with Crippen LogP contribution in [-0.4, -0.2) is 24.3 Å². The van der Waals surface area contributed by atoms with Crippen molar-refractivity contribution in [2.75, 3.05) is 6.61 Å². The van der Waals surface area contributed by atoms with E-state index < -0.39 is 11.9 Å². The van der Waals surface area contributed by atoms with Crippen LogP contribution in [0.3, 0.4) is 0 Å². The van der Waals surface area contributed by atoms with Crippen molar-refractivity contribution >= 4 is 17.9 Å². The fraction of sp³-hybridized carbons (Fsp3) is 0.316. The van der Waals surface area contributed by atoms with Crippen LogP contribution in [0.1, 0.15) is 31.4 Å². The van der Waals surface area contributed by atoms with E-state index >= 15 is 0 Å². The predicted molar refractivity (Wildman–Crippen MR) is 93.3 cm³/mol. The Labute approximate surface area is 147 Å². The Balaban J connectivity index is 2.47. The van der Waals surface area contributed by atoms with E-state index in [-0.39, 0.29) is 0 Å². The molecule has 0 heterocycles. The molecule has 0 saturated heterocycles. The molecule has 24 heavy (non-hydrogen) atoms. The molecule has 0 spiro atoms. The zero-order chi connectivity index (χ0) is 17.6. The molecule has 0 fully saturated rings. The number of hydrogen-bond acceptors (Lipinski definition) is 4. The van der Waals surface area contributed by atoms with Gasteiger partial charge in [-0.05, 0) is 37.1 Å². The molecule has 0 aliphatic carbocycles. The number of rotatable bonds is 8. The normalized spacial score (nSPS) is 14.7. The molecule has 0 aliphatic rings. The Morgan fingerprint density at radius 3 is 2.58 bits per heavy atom.